The lowest BCUT2D eigenvalue weighted by Gasteiger charge is -2.00. The molecule has 1 aliphatic carbocycles. The minimum absolute atomic E-state index is 0.537. The molecule has 2 heterocycles. The second kappa shape index (κ2) is 4.85. The Morgan fingerprint density at radius 3 is 2.84 bits per heavy atom. The van der Waals surface area contributed by atoms with Crippen LogP contribution in [-0.2, 0) is 7.05 Å². The highest BCUT2D eigenvalue weighted by Crippen LogP contribution is 2.24. The van der Waals surface area contributed by atoms with Crippen molar-refractivity contribution in [2.75, 3.05) is 0 Å². The summed E-state index contributed by atoms with van der Waals surface area (Å²) in [5.41, 5.74) is 1.93. The molecule has 2 aromatic heterocycles. The highest BCUT2D eigenvalue weighted by molar-refractivity contribution is 7.80. The van der Waals surface area contributed by atoms with Gasteiger partial charge in [0.05, 0.1) is 0 Å². The standard InChI is InChI=1S/C12H11N5OS/c1-17-10(14-16-12(17)19)8-3-2-4-9(6-5-8)11-15-13-7-18-11/h2-3,5-7H,4H2,1H3,(H,16,19). The summed E-state index contributed by atoms with van der Waals surface area (Å²) in [7, 11) is 1.87. The van der Waals surface area contributed by atoms with Gasteiger partial charge in [-0.2, -0.15) is 0 Å². The fraction of sp³-hybridized carbons (Fsp3) is 0.167. The van der Waals surface area contributed by atoms with E-state index in [9.17, 15) is 0 Å². The van der Waals surface area contributed by atoms with Gasteiger partial charge in [0.15, 0.2) is 11.0 Å². The summed E-state index contributed by atoms with van der Waals surface area (Å²) in [5, 5.41) is 16.2. The maximum atomic E-state index is 5.20. The Balaban J connectivity index is 1.98. The fourth-order valence-electron chi connectivity index (χ4n) is 1.82. The molecule has 0 aromatic carbocycles. The molecule has 0 unspecified atom stereocenters. The number of rotatable bonds is 2. The third kappa shape index (κ3) is 2.24. The van der Waals surface area contributed by atoms with Crippen LogP contribution >= 0.6 is 12.6 Å². The first kappa shape index (κ1) is 11.9. The van der Waals surface area contributed by atoms with E-state index in [4.69, 9.17) is 4.42 Å². The highest BCUT2D eigenvalue weighted by atomic mass is 32.1. The number of thiol groups is 1. The molecule has 0 atom stereocenters. The summed E-state index contributed by atoms with van der Waals surface area (Å²) in [5.74, 6) is 1.30. The Bertz CT molecular complexity index is 681. The molecule has 3 rings (SSSR count). The van der Waals surface area contributed by atoms with Gasteiger partial charge in [0.25, 0.3) is 0 Å². The van der Waals surface area contributed by atoms with E-state index in [0.29, 0.717) is 11.0 Å². The van der Waals surface area contributed by atoms with E-state index in [1.54, 1.807) is 0 Å². The summed E-state index contributed by atoms with van der Waals surface area (Å²) in [6, 6.07) is 0. The topological polar surface area (TPSA) is 69.6 Å². The molecule has 0 fully saturated rings. The van der Waals surface area contributed by atoms with Crippen molar-refractivity contribution in [3.8, 4) is 0 Å². The Morgan fingerprint density at radius 1 is 1.26 bits per heavy atom. The summed E-state index contributed by atoms with van der Waals surface area (Å²) >= 11 is 4.22. The maximum Gasteiger partial charge on any atom is 0.243 e. The second-order valence-electron chi connectivity index (χ2n) is 4.05. The first-order valence-electron chi connectivity index (χ1n) is 5.68. The van der Waals surface area contributed by atoms with E-state index < -0.39 is 0 Å². The highest BCUT2D eigenvalue weighted by Gasteiger charge is 2.12. The van der Waals surface area contributed by atoms with E-state index in [2.05, 4.69) is 33.0 Å². The lowest BCUT2D eigenvalue weighted by molar-refractivity contribution is 0.537. The van der Waals surface area contributed by atoms with Gasteiger partial charge < -0.3 is 8.98 Å². The number of aromatic nitrogens is 5. The Hall–Kier alpha value is -2.15. The first-order chi connectivity index (χ1) is 9.25. The van der Waals surface area contributed by atoms with Gasteiger partial charge in [0.2, 0.25) is 12.3 Å². The van der Waals surface area contributed by atoms with Crippen molar-refractivity contribution in [3.63, 3.8) is 0 Å². The van der Waals surface area contributed by atoms with Crippen molar-refractivity contribution < 1.29 is 4.42 Å². The van der Waals surface area contributed by atoms with Crippen molar-refractivity contribution in [1.29, 1.82) is 0 Å². The van der Waals surface area contributed by atoms with Gasteiger partial charge >= 0.3 is 0 Å². The van der Waals surface area contributed by atoms with Crippen LogP contribution in [0.2, 0.25) is 0 Å². The molecule has 0 radical (unpaired) electrons. The predicted octanol–water partition coefficient (Wildman–Crippen LogP) is 1.91. The molecular formula is C12H11N5OS. The summed E-state index contributed by atoms with van der Waals surface area (Å²) < 4.78 is 7.02. The molecule has 0 saturated carbocycles. The summed E-state index contributed by atoms with van der Waals surface area (Å²) in [6.07, 6.45) is 9.99. The Labute approximate surface area is 115 Å². The van der Waals surface area contributed by atoms with E-state index in [1.165, 1.54) is 6.39 Å². The minimum atomic E-state index is 0.537. The van der Waals surface area contributed by atoms with Gasteiger partial charge in [-0.1, -0.05) is 24.3 Å². The van der Waals surface area contributed by atoms with Crippen molar-refractivity contribution >= 4 is 23.8 Å². The largest absolute Gasteiger partial charge is 0.424 e. The molecule has 2 aromatic rings. The number of nitrogens with zero attached hydrogens (tertiary/aromatic N) is 5. The monoisotopic (exact) mass is 273 g/mol. The van der Waals surface area contributed by atoms with E-state index in [0.717, 1.165) is 23.4 Å². The zero-order valence-corrected chi connectivity index (χ0v) is 11.1. The molecule has 1 aliphatic rings. The summed E-state index contributed by atoms with van der Waals surface area (Å²) in [6.45, 7) is 0. The van der Waals surface area contributed by atoms with Crippen LogP contribution in [-0.4, -0.2) is 25.0 Å². The lowest BCUT2D eigenvalue weighted by Crippen LogP contribution is -1.96. The number of hydrogen-bond donors (Lipinski definition) is 1. The van der Waals surface area contributed by atoms with Gasteiger partial charge in [0, 0.05) is 18.2 Å². The molecule has 0 amide bonds. The van der Waals surface area contributed by atoms with Crippen LogP contribution in [0.4, 0.5) is 0 Å². The summed E-state index contributed by atoms with van der Waals surface area (Å²) in [4.78, 5) is 0. The van der Waals surface area contributed by atoms with Crippen molar-refractivity contribution in [3.05, 3.63) is 42.4 Å². The SMILES string of the molecule is Cn1c(S)nnc1C1=CC=C(c2nnco2)CC=C1. The molecule has 0 spiro atoms. The molecule has 96 valence electrons. The second-order valence-corrected chi connectivity index (χ2v) is 4.45. The zero-order valence-electron chi connectivity index (χ0n) is 10.2. The van der Waals surface area contributed by atoms with E-state index in [-0.39, 0.29) is 0 Å². The Morgan fingerprint density at radius 2 is 2.16 bits per heavy atom. The molecule has 19 heavy (non-hydrogen) atoms. The average Bonchev–Trinajstić information content (AvgIpc) is 2.97. The van der Waals surface area contributed by atoms with Gasteiger partial charge in [-0.15, -0.1) is 33.0 Å². The van der Waals surface area contributed by atoms with Gasteiger partial charge in [-0.25, -0.2) is 0 Å². The first-order valence-corrected chi connectivity index (χ1v) is 6.13. The molecule has 0 N–H and O–H groups in total. The maximum absolute atomic E-state index is 5.20. The van der Waals surface area contributed by atoms with Crippen LogP contribution in [0.25, 0.3) is 11.1 Å². The predicted molar refractivity (Wildman–Crippen MR) is 72.3 cm³/mol. The Kier molecular flexibility index (Phi) is 3.04. The molecule has 0 bridgehead atoms. The van der Waals surface area contributed by atoms with Crippen LogP contribution in [0.5, 0.6) is 0 Å². The normalized spacial score (nSPS) is 15.1. The third-order valence-corrected chi connectivity index (χ3v) is 3.23. The quantitative estimate of drug-likeness (QED) is 0.846. The van der Waals surface area contributed by atoms with E-state index in [1.807, 2.05) is 35.9 Å². The number of allylic oxidation sites excluding steroid dienone is 6. The third-order valence-electron chi connectivity index (χ3n) is 2.84. The average molecular weight is 273 g/mol. The van der Waals surface area contributed by atoms with Crippen LogP contribution in [0, 0.1) is 0 Å². The van der Waals surface area contributed by atoms with Crippen molar-refractivity contribution in [1.82, 2.24) is 25.0 Å². The van der Waals surface area contributed by atoms with Crippen molar-refractivity contribution in [2.45, 2.75) is 11.6 Å². The molecule has 7 heteroatoms. The smallest absolute Gasteiger partial charge is 0.243 e. The van der Waals surface area contributed by atoms with Crippen LogP contribution in [0.3, 0.4) is 0 Å². The van der Waals surface area contributed by atoms with Crippen molar-refractivity contribution in [2.24, 2.45) is 7.05 Å². The van der Waals surface area contributed by atoms with Crippen LogP contribution in [0.1, 0.15) is 18.1 Å². The molecule has 0 aliphatic heterocycles. The number of hydrogen-bond acceptors (Lipinski definition) is 6. The zero-order chi connectivity index (χ0) is 13.2. The molecular weight excluding hydrogens is 262 g/mol. The molecule has 0 saturated heterocycles. The van der Waals surface area contributed by atoms with Gasteiger partial charge in [-0.3, -0.25) is 0 Å². The minimum Gasteiger partial charge on any atom is -0.424 e. The van der Waals surface area contributed by atoms with E-state index >= 15 is 0 Å². The fourth-order valence-corrected chi connectivity index (χ4v) is 1.96. The van der Waals surface area contributed by atoms with Gasteiger partial charge in [-0.05, 0) is 6.42 Å². The van der Waals surface area contributed by atoms with Crippen LogP contribution in [0.15, 0.2) is 40.3 Å². The van der Waals surface area contributed by atoms with Gasteiger partial charge in [0.1, 0.15) is 0 Å². The van der Waals surface area contributed by atoms with Crippen LogP contribution < -0.4 is 0 Å². The lowest BCUT2D eigenvalue weighted by atomic mass is 10.2. The molecule has 6 nitrogen and oxygen atoms in total.